The Labute approximate surface area is 138 Å². The third-order valence-corrected chi connectivity index (χ3v) is 4.47. The average Bonchev–Trinajstić information content (AvgIpc) is 2.45. The average molecular weight is 377 g/mol. The van der Waals surface area contributed by atoms with Crippen molar-refractivity contribution in [2.75, 3.05) is 13.2 Å². The predicted octanol–water partition coefficient (Wildman–Crippen LogP) is 3.15. The van der Waals surface area contributed by atoms with Crippen molar-refractivity contribution in [1.29, 1.82) is 0 Å². The first-order chi connectivity index (χ1) is 10.1. The molecule has 1 aliphatic carbocycles. The first-order valence-electron chi connectivity index (χ1n) is 7.09. The summed E-state index contributed by atoms with van der Waals surface area (Å²) in [5.74, 6) is 0.429. The van der Waals surface area contributed by atoms with Crippen molar-refractivity contribution >= 4 is 33.4 Å². The van der Waals surface area contributed by atoms with E-state index in [1.807, 2.05) is 0 Å². The largest absolute Gasteiger partial charge is 0.482 e. The standard InChI is InChI=1S/C15H19BrClNO3/c16-11-5-6-14(12(17)7-11)21-9-15(20)18-8-10-3-1-2-4-13(10)19/h5-7,10,13,19H,1-4,8-9H2,(H,18,20). The molecule has 0 bridgehead atoms. The highest BCUT2D eigenvalue weighted by molar-refractivity contribution is 9.10. The Bertz CT molecular complexity index is 498. The van der Waals surface area contributed by atoms with Gasteiger partial charge in [-0.2, -0.15) is 0 Å². The van der Waals surface area contributed by atoms with E-state index in [1.54, 1.807) is 18.2 Å². The molecule has 4 nitrogen and oxygen atoms in total. The van der Waals surface area contributed by atoms with Crippen LogP contribution in [0.15, 0.2) is 22.7 Å². The van der Waals surface area contributed by atoms with Crippen molar-refractivity contribution in [3.05, 3.63) is 27.7 Å². The normalized spacial score (nSPS) is 21.9. The lowest BCUT2D eigenvalue weighted by Crippen LogP contribution is -2.38. The van der Waals surface area contributed by atoms with Crippen LogP contribution in [0.25, 0.3) is 0 Å². The van der Waals surface area contributed by atoms with Gasteiger partial charge in [0.25, 0.3) is 5.91 Å². The fourth-order valence-electron chi connectivity index (χ4n) is 2.46. The van der Waals surface area contributed by atoms with Gasteiger partial charge < -0.3 is 15.2 Å². The van der Waals surface area contributed by atoms with Crippen molar-refractivity contribution in [3.63, 3.8) is 0 Å². The summed E-state index contributed by atoms with van der Waals surface area (Å²) in [6.07, 6.45) is 3.66. The summed E-state index contributed by atoms with van der Waals surface area (Å²) in [6.45, 7) is 0.418. The molecule has 2 N–H and O–H groups in total. The molecule has 1 aromatic rings. The number of nitrogens with one attached hydrogen (secondary N) is 1. The van der Waals surface area contributed by atoms with E-state index < -0.39 is 0 Å². The summed E-state index contributed by atoms with van der Waals surface area (Å²) in [5, 5.41) is 13.1. The molecule has 0 spiro atoms. The summed E-state index contributed by atoms with van der Waals surface area (Å²) in [4.78, 5) is 11.8. The van der Waals surface area contributed by atoms with Crippen LogP contribution in [0.2, 0.25) is 5.02 Å². The van der Waals surface area contributed by atoms with E-state index in [0.29, 0.717) is 17.3 Å². The molecule has 2 unspecified atom stereocenters. The third-order valence-electron chi connectivity index (χ3n) is 3.68. The maximum Gasteiger partial charge on any atom is 0.257 e. The Morgan fingerprint density at radius 1 is 1.43 bits per heavy atom. The zero-order valence-electron chi connectivity index (χ0n) is 11.6. The summed E-state index contributed by atoms with van der Waals surface area (Å²) in [6, 6.07) is 5.23. The second-order valence-electron chi connectivity index (χ2n) is 5.28. The molecule has 2 rings (SSSR count). The van der Waals surface area contributed by atoms with Gasteiger partial charge in [-0.3, -0.25) is 4.79 Å². The number of hydrogen-bond acceptors (Lipinski definition) is 3. The summed E-state index contributed by atoms with van der Waals surface area (Å²) < 4.78 is 6.25. The van der Waals surface area contributed by atoms with Gasteiger partial charge in [0.1, 0.15) is 5.75 Å². The molecule has 1 amide bonds. The second kappa shape index (κ2) is 8.01. The number of hydrogen-bond donors (Lipinski definition) is 2. The lowest BCUT2D eigenvalue weighted by Gasteiger charge is -2.27. The van der Waals surface area contributed by atoms with Gasteiger partial charge in [0.15, 0.2) is 6.61 Å². The Kier molecular flexibility index (Phi) is 6.33. The highest BCUT2D eigenvalue weighted by atomic mass is 79.9. The molecule has 1 aromatic carbocycles. The van der Waals surface area contributed by atoms with Crippen LogP contribution in [-0.4, -0.2) is 30.3 Å². The molecule has 0 heterocycles. The van der Waals surface area contributed by atoms with Crippen LogP contribution in [0.5, 0.6) is 5.75 Å². The molecular formula is C15H19BrClNO3. The lowest BCUT2D eigenvalue weighted by atomic mass is 9.86. The van der Waals surface area contributed by atoms with E-state index in [0.717, 1.165) is 30.2 Å². The molecule has 116 valence electrons. The van der Waals surface area contributed by atoms with Gasteiger partial charge in [-0.15, -0.1) is 0 Å². The summed E-state index contributed by atoms with van der Waals surface area (Å²) in [7, 11) is 0. The van der Waals surface area contributed by atoms with Crippen LogP contribution in [0.3, 0.4) is 0 Å². The number of amides is 1. The fourth-order valence-corrected chi connectivity index (χ4v) is 3.19. The van der Waals surface area contributed by atoms with Crippen LogP contribution in [0.4, 0.5) is 0 Å². The molecule has 0 radical (unpaired) electrons. The number of ether oxygens (including phenoxy) is 1. The van der Waals surface area contributed by atoms with Gasteiger partial charge in [0, 0.05) is 16.9 Å². The monoisotopic (exact) mass is 375 g/mol. The van der Waals surface area contributed by atoms with E-state index in [-0.39, 0.29) is 24.5 Å². The number of halogens is 2. The van der Waals surface area contributed by atoms with Gasteiger partial charge in [-0.05, 0) is 31.0 Å². The minimum Gasteiger partial charge on any atom is -0.482 e. The number of rotatable bonds is 5. The maximum absolute atomic E-state index is 11.8. The van der Waals surface area contributed by atoms with Gasteiger partial charge in [-0.25, -0.2) is 0 Å². The van der Waals surface area contributed by atoms with Gasteiger partial charge in [0.2, 0.25) is 0 Å². The van der Waals surface area contributed by atoms with Crippen molar-refractivity contribution in [3.8, 4) is 5.75 Å². The van der Waals surface area contributed by atoms with Gasteiger partial charge in [0.05, 0.1) is 11.1 Å². The highest BCUT2D eigenvalue weighted by Crippen LogP contribution is 2.27. The van der Waals surface area contributed by atoms with Gasteiger partial charge >= 0.3 is 0 Å². The molecule has 0 aromatic heterocycles. The smallest absolute Gasteiger partial charge is 0.257 e. The van der Waals surface area contributed by atoms with Crippen LogP contribution >= 0.6 is 27.5 Å². The van der Waals surface area contributed by atoms with Crippen molar-refractivity contribution in [2.45, 2.75) is 31.8 Å². The molecular weight excluding hydrogens is 358 g/mol. The SMILES string of the molecule is O=C(COc1ccc(Br)cc1Cl)NCC1CCCCC1O. The minimum atomic E-state index is -0.305. The molecule has 21 heavy (non-hydrogen) atoms. The lowest BCUT2D eigenvalue weighted by molar-refractivity contribution is -0.123. The zero-order chi connectivity index (χ0) is 15.2. The van der Waals surface area contributed by atoms with Crippen molar-refractivity contribution in [1.82, 2.24) is 5.32 Å². The van der Waals surface area contributed by atoms with E-state index in [9.17, 15) is 9.90 Å². The Morgan fingerprint density at radius 3 is 2.90 bits per heavy atom. The van der Waals surface area contributed by atoms with Crippen LogP contribution in [0, 0.1) is 5.92 Å². The topological polar surface area (TPSA) is 58.6 Å². The first-order valence-corrected chi connectivity index (χ1v) is 8.26. The van der Waals surface area contributed by atoms with E-state index >= 15 is 0 Å². The van der Waals surface area contributed by atoms with Crippen molar-refractivity contribution < 1.29 is 14.6 Å². The Hall–Kier alpha value is -0.780. The number of benzene rings is 1. The van der Waals surface area contributed by atoms with E-state index in [4.69, 9.17) is 16.3 Å². The van der Waals surface area contributed by atoms with Gasteiger partial charge in [-0.1, -0.05) is 40.4 Å². The third kappa shape index (κ3) is 5.16. The minimum absolute atomic E-state index is 0.0792. The summed E-state index contributed by atoms with van der Waals surface area (Å²) >= 11 is 9.32. The van der Waals surface area contributed by atoms with E-state index in [1.165, 1.54) is 0 Å². The summed E-state index contributed by atoms with van der Waals surface area (Å²) in [5.41, 5.74) is 0. The van der Waals surface area contributed by atoms with Crippen LogP contribution in [0.1, 0.15) is 25.7 Å². The zero-order valence-corrected chi connectivity index (χ0v) is 14.0. The Balaban J connectivity index is 1.74. The Morgan fingerprint density at radius 2 is 2.19 bits per heavy atom. The molecule has 1 fully saturated rings. The van der Waals surface area contributed by atoms with Crippen molar-refractivity contribution in [2.24, 2.45) is 5.92 Å². The number of carbonyl (C=O) groups excluding carboxylic acids is 1. The predicted molar refractivity (Wildman–Crippen MR) is 85.6 cm³/mol. The van der Waals surface area contributed by atoms with E-state index in [2.05, 4.69) is 21.2 Å². The fraction of sp³-hybridized carbons (Fsp3) is 0.533. The highest BCUT2D eigenvalue weighted by Gasteiger charge is 2.23. The molecule has 6 heteroatoms. The molecule has 1 aliphatic rings. The molecule has 0 aliphatic heterocycles. The first kappa shape index (κ1) is 16.6. The number of carbonyl (C=O) groups is 1. The second-order valence-corrected chi connectivity index (χ2v) is 6.60. The molecule has 1 saturated carbocycles. The van der Waals surface area contributed by atoms with Crippen LogP contribution in [-0.2, 0) is 4.79 Å². The van der Waals surface area contributed by atoms with Crippen LogP contribution < -0.4 is 10.1 Å². The number of aliphatic hydroxyl groups excluding tert-OH is 1. The maximum atomic E-state index is 11.8. The quantitative estimate of drug-likeness (QED) is 0.830. The molecule has 2 atom stereocenters. The molecule has 0 saturated heterocycles. The number of aliphatic hydroxyl groups is 1.